The van der Waals surface area contributed by atoms with Gasteiger partial charge in [-0.3, -0.25) is 9.48 Å². The topological polar surface area (TPSA) is 56.2 Å². The number of rotatable bonds is 5. The molecule has 2 aromatic carbocycles. The molecule has 5 nitrogen and oxygen atoms in total. The van der Waals surface area contributed by atoms with E-state index in [-0.39, 0.29) is 5.91 Å². The summed E-state index contributed by atoms with van der Waals surface area (Å²) in [6.07, 6.45) is 0. The molecule has 1 N–H and O–H groups in total. The van der Waals surface area contributed by atoms with Gasteiger partial charge in [-0.15, -0.1) is 0 Å². The Morgan fingerprint density at radius 1 is 1.12 bits per heavy atom. The number of para-hydroxylation sites is 1. The molecule has 0 unspecified atom stereocenters. The second-order valence-corrected chi connectivity index (χ2v) is 5.84. The number of nitrogens with one attached hydrogen (secondary N) is 1. The molecule has 0 bridgehead atoms. The van der Waals surface area contributed by atoms with Gasteiger partial charge in [-0.2, -0.15) is 5.10 Å². The summed E-state index contributed by atoms with van der Waals surface area (Å²) in [5.41, 5.74) is 1.66. The van der Waals surface area contributed by atoms with Crippen LogP contribution in [0.25, 0.3) is 0 Å². The molecule has 0 radical (unpaired) electrons. The number of nitrogens with zero attached hydrogens (tertiary/aromatic N) is 2. The van der Waals surface area contributed by atoms with Gasteiger partial charge >= 0.3 is 0 Å². The largest absolute Gasteiger partial charge is 0.457 e. The summed E-state index contributed by atoms with van der Waals surface area (Å²) in [6.45, 7) is 4.26. The van der Waals surface area contributed by atoms with E-state index >= 15 is 0 Å². The van der Waals surface area contributed by atoms with Crippen molar-refractivity contribution in [3.05, 3.63) is 71.0 Å². The highest BCUT2D eigenvalue weighted by atomic mass is 35.5. The van der Waals surface area contributed by atoms with Crippen molar-refractivity contribution in [2.24, 2.45) is 0 Å². The van der Waals surface area contributed by atoms with Crippen molar-refractivity contribution in [3.8, 4) is 11.5 Å². The third-order valence-corrected chi connectivity index (χ3v) is 4.11. The lowest BCUT2D eigenvalue weighted by atomic mass is 10.2. The fraction of sp³-hybridized carbons (Fsp3) is 0.158. The van der Waals surface area contributed by atoms with Crippen molar-refractivity contribution in [2.45, 2.75) is 20.4 Å². The molecule has 0 fully saturated rings. The molecular formula is C19H18ClN3O2. The van der Waals surface area contributed by atoms with E-state index < -0.39 is 0 Å². The average molecular weight is 356 g/mol. The average Bonchev–Trinajstić information content (AvgIpc) is 2.92. The van der Waals surface area contributed by atoms with Crippen LogP contribution in [0.4, 0.5) is 5.69 Å². The Bertz CT molecular complexity index is 874. The lowest BCUT2D eigenvalue weighted by Gasteiger charge is -2.09. The van der Waals surface area contributed by atoms with Gasteiger partial charge in [0.2, 0.25) is 0 Å². The number of hydrogen-bond acceptors (Lipinski definition) is 3. The van der Waals surface area contributed by atoms with Gasteiger partial charge in [0.1, 0.15) is 17.2 Å². The van der Waals surface area contributed by atoms with Crippen LogP contribution in [-0.4, -0.2) is 15.7 Å². The van der Waals surface area contributed by atoms with Crippen LogP contribution in [0.3, 0.4) is 0 Å². The Labute approximate surface area is 151 Å². The monoisotopic (exact) mass is 355 g/mol. The standard InChI is InChI=1S/C19H18ClN3O2/c1-3-23-18(17(20)13(2)22-23)19(24)21-14-9-11-16(12-10-14)25-15-7-5-4-6-8-15/h4-12H,3H2,1-2H3,(H,21,24). The van der Waals surface area contributed by atoms with Gasteiger partial charge in [0.05, 0.1) is 10.7 Å². The molecule has 0 aliphatic carbocycles. The van der Waals surface area contributed by atoms with Crippen LogP contribution in [0.2, 0.25) is 5.02 Å². The van der Waals surface area contributed by atoms with Gasteiger partial charge in [0.25, 0.3) is 5.91 Å². The Hall–Kier alpha value is -2.79. The fourth-order valence-electron chi connectivity index (χ4n) is 2.43. The zero-order chi connectivity index (χ0) is 17.8. The highest BCUT2D eigenvalue weighted by Gasteiger charge is 2.19. The van der Waals surface area contributed by atoms with Crippen LogP contribution in [0.15, 0.2) is 54.6 Å². The number of anilines is 1. The maximum atomic E-state index is 12.5. The normalized spacial score (nSPS) is 10.5. The number of carbonyl (C=O) groups excluding carboxylic acids is 1. The van der Waals surface area contributed by atoms with Crippen molar-refractivity contribution in [3.63, 3.8) is 0 Å². The molecule has 0 saturated carbocycles. The molecule has 3 rings (SSSR count). The van der Waals surface area contributed by atoms with Crippen LogP contribution in [-0.2, 0) is 6.54 Å². The van der Waals surface area contributed by atoms with Crippen molar-refractivity contribution in [1.29, 1.82) is 0 Å². The quantitative estimate of drug-likeness (QED) is 0.707. The molecule has 0 spiro atoms. The predicted molar refractivity (Wildman–Crippen MR) is 98.6 cm³/mol. The number of aromatic nitrogens is 2. The Morgan fingerprint density at radius 2 is 1.76 bits per heavy atom. The third kappa shape index (κ3) is 3.83. The van der Waals surface area contributed by atoms with Crippen LogP contribution in [0, 0.1) is 6.92 Å². The first kappa shape index (κ1) is 17.0. The van der Waals surface area contributed by atoms with Crippen LogP contribution in [0.5, 0.6) is 11.5 Å². The van der Waals surface area contributed by atoms with E-state index in [1.807, 2.05) is 37.3 Å². The first-order valence-electron chi connectivity index (χ1n) is 7.95. The van der Waals surface area contributed by atoms with Gasteiger partial charge in [0, 0.05) is 12.2 Å². The zero-order valence-corrected chi connectivity index (χ0v) is 14.7. The second kappa shape index (κ2) is 7.40. The van der Waals surface area contributed by atoms with E-state index in [1.165, 1.54) is 0 Å². The van der Waals surface area contributed by atoms with E-state index in [9.17, 15) is 4.79 Å². The summed E-state index contributed by atoms with van der Waals surface area (Å²) in [6, 6.07) is 16.7. The summed E-state index contributed by atoms with van der Waals surface area (Å²) in [5, 5.41) is 7.47. The predicted octanol–water partition coefficient (Wildman–Crippen LogP) is 4.91. The molecule has 0 atom stereocenters. The van der Waals surface area contributed by atoms with E-state index in [0.29, 0.717) is 34.4 Å². The third-order valence-electron chi connectivity index (χ3n) is 3.66. The Morgan fingerprint density at radius 3 is 2.40 bits per heavy atom. The minimum atomic E-state index is -0.288. The fourth-order valence-corrected chi connectivity index (χ4v) is 2.65. The number of benzene rings is 2. The van der Waals surface area contributed by atoms with Gasteiger partial charge in [0.15, 0.2) is 0 Å². The number of ether oxygens (including phenoxy) is 1. The van der Waals surface area contributed by atoms with E-state index in [1.54, 1.807) is 35.9 Å². The van der Waals surface area contributed by atoms with Crippen molar-refractivity contribution >= 4 is 23.2 Å². The molecule has 6 heteroatoms. The zero-order valence-electron chi connectivity index (χ0n) is 14.0. The maximum Gasteiger partial charge on any atom is 0.275 e. The van der Waals surface area contributed by atoms with E-state index in [2.05, 4.69) is 10.4 Å². The Kier molecular flexibility index (Phi) is 5.05. The summed E-state index contributed by atoms with van der Waals surface area (Å²) in [5.74, 6) is 1.16. The summed E-state index contributed by atoms with van der Waals surface area (Å²) in [4.78, 5) is 12.5. The molecule has 128 valence electrons. The molecule has 0 aliphatic rings. The van der Waals surface area contributed by atoms with Crippen LogP contribution >= 0.6 is 11.6 Å². The minimum Gasteiger partial charge on any atom is -0.457 e. The van der Waals surface area contributed by atoms with Crippen molar-refractivity contribution < 1.29 is 9.53 Å². The SMILES string of the molecule is CCn1nc(C)c(Cl)c1C(=O)Nc1ccc(Oc2ccccc2)cc1. The molecule has 3 aromatic rings. The highest BCUT2D eigenvalue weighted by Crippen LogP contribution is 2.24. The second-order valence-electron chi connectivity index (χ2n) is 5.46. The van der Waals surface area contributed by atoms with Gasteiger partial charge in [-0.05, 0) is 50.2 Å². The first-order chi connectivity index (χ1) is 12.1. The molecule has 0 saturated heterocycles. The number of aryl methyl sites for hydroxylation is 2. The summed E-state index contributed by atoms with van der Waals surface area (Å²) >= 11 is 6.21. The Balaban J connectivity index is 1.72. The smallest absolute Gasteiger partial charge is 0.275 e. The summed E-state index contributed by atoms with van der Waals surface area (Å²) < 4.78 is 7.33. The molecule has 1 amide bonds. The van der Waals surface area contributed by atoms with E-state index in [0.717, 1.165) is 5.75 Å². The number of carbonyl (C=O) groups is 1. The lowest BCUT2D eigenvalue weighted by molar-refractivity contribution is 0.101. The van der Waals surface area contributed by atoms with Gasteiger partial charge in [-0.1, -0.05) is 29.8 Å². The maximum absolute atomic E-state index is 12.5. The van der Waals surface area contributed by atoms with Crippen molar-refractivity contribution in [2.75, 3.05) is 5.32 Å². The van der Waals surface area contributed by atoms with Gasteiger partial charge < -0.3 is 10.1 Å². The van der Waals surface area contributed by atoms with Crippen molar-refractivity contribution in [1.82, 2.24) is 9.78 Å². The lowest BCUT2D eigenvalue weighted by Crippen LogP contribution is -2.17. The van der Waals surface area contributed by atoms with Crippen LogP contribution < -0.4 is 10.1 Å². The molecule has 25 heavy (non-hydrogen) atoms. The molecule has 1 heterocycles. The first-order valence-corrected chi connectivity index (χ1v) is 8.33. The number of halogens is 1. The molecular weight excluding hydrogens is 338 g/mol. The van der Waals surface area contributed by atoms with Crippen LogP contribution in [0.1, 0.15) is 23.1 Å². The summed E-state index contributed by atoms with van der Waals surface area (Å²) in [7, 11) is 0. The number of hydrogen-bond donors (Lipinski definition) is 1. The number of amides is 1. The minimum absolute atomic E-state index is 0.288. The van der Waals surface area contributed by atoms with Gasteiger partial charge in [-0.25, -0.2) is 0 Å². The molecule has 1 aromatic heterocycles. The highest BCUT2D eigenvalue weighted by molar-refractivity contribution is 6.34. The van der Waals surface area contributed by atoms with E-state index in [4.69, 9.17) is 16.3 Å². The molecule has 0 aliphatic heterocycles.